The molecule has 3 heterocycles. The zero-order valence-electron chi connectivity index (χ0n) is 13.4. The van der Waals surface area contributed by atoms with E-state index in [0.717, 1.165) is 0 Å². The van der Waals surface area contributed by atoms with Crippen LogP contribution in [0.3, 0.4) is 0 Å². The molecule has 0 bridgehead atoms. The lowest BCUT2D eigenvalue weighted by atomic mass is 10.00. The minimum atomic E-state index is -0.381. The van der Waals surface area contributed by atoms with Crippen molar-refractivity contribution in [1.82, 2.24) is 19.9 Å². The largest absolute Gasteiger partial charge is 0.337 e. The van der Waals surface area contributed by atoms with E-state index in [4.69, 9.17) is 0 Å². The molecule has 0 saturated heterocycles. The second-order valence-corrected chi connectivity index (χ2v) is 5.69. The number of hydrogen-bond donors (Lipinski definition) is 2. The molecule has 4 rings (SSSR count). The Hall–Kier alpha value is -3.54. The molecule has 6 nitrogen and oxygen atoms in total. The van der Waals surface area contributed by atoms with Gasteiger partial charge in [0.05, 0.1) is 11.1 Å². The molecule has 25 heavy (non-hydrogen) atoms. The molecule has 0 atom stereocenters. The number of nitrogens with one attached hydrogen (secondary N) is 2. The maximum Gasteiger partial charge on any atom is 0.283 e. The number of pyridine rings is 1. The Morgan fingerprint density at radius 1 is 1.04 bits per heavy atom. The number of ketones is 1. The van der Waals surface area contributed by atoms with E-state index in [9.17, 15) is 9.59 Å². The first kappa shape index (κ1) is 15.0. The monoisotopic (exact) mass is 330 g/mol. The van der Waals surface area contributed by atoms with Crippen LogP contribution in [0.15, 0.2) is 59.7 Å². The van der Waals surface area contributed by atoms with E-state index in [0.29, 0.717) is 39.2 Å². The highest BCUT2D eigenvalue weighted by Crippen LogP contribution is 2.30. The predicted octanol–water partition coefficient (Wildman–Crippen LogP) is 2.85. The van der Waals surface area contributed by atoms with Gasteiger partial charge in [0.15, 0.2) is 0 Å². The molecule has 0 radical (unpaired) electrons. The summed E-state index contributed by atoms with van der Waals surface area (Å²) in [5.74, 6) is 0.288. The van der Waals surface area contributed by atoms with E-state index >= 15 is 0 Å². The van der Waals surface area contributed by atoms with Crippen LogP contribution >= 0.6 is 0 Å². The van der Waals surface area contributed by atoms with Gasteiger partial charge in [-0.15, -0.1) is 0 Å². The molecule has 3 aromatic heterocycles. The summed E-state index contributed by atoms with van der Waals surface area (Å²) in [6.45, 7) is 1.70. The van der Waals surface area contributed by atoms with Crippen LogP contribution in [0.4, 0.5) is 0 Å². The van der Waals surface area contributed by atoms with E-state index in [-0.39, 0.29) is 11.3 Å². The molecule has 0 spiro atoms. The third kappa shape index (κ3) is 2.53. The van der Waals surface area contributed by atoms with Crippen LogP contribution in [0.5, 0.6) is 0 Å². The fourth-order valence-electron chi connectivity index (χ4n) is 2.93. The van der Waals surface area contributed by atoms with Crippen molar-refractivity contribution >= 4 is 16.8 Å². The van der Waals surface area contributed by atoms with Crippen LogP contribution < -0.4 is 5.56 Å². The standard InChI is InChI=1S/C19H14N4O2/c1-11-21-18-15(19(25)22-11)14(13-8-5-9-20-10-13)16(23-18)17(24)12-6-3-2-4-7-12/h2-10H,1H3,(H2,21,22,23,25). The third-order valence-electron chi connectivity index (χ3n) is 4.00. The van der Waals surface area contributed by atoms with Crippen LogP contribution in [-0.2, 0) is 0 Å². The zero-order valence-corrected chi connectivity index (χ0v) is 13.4. The fraction of sp³-hybridized carbons (Fsp3) is 0.0526. The van der Waals surface area contributed by atoms with Crippen LogP contribution in [0.2, 0.25) is 0 Å². The zero-order chi connectivity index (χ0) is 17.4. The van der Waals surface area contributed by atoms with Gasteiger partial charge in [-0.25, -0.2) is 0 Å². The van der Waals surface area contributed by atoms with Crippen LogP contribution in [0, 0.1) is 6.92 Å². The van der Waals surface area contributed by atoms with Crippen molar-refractivity contribution in [3.05, 3.63) is 82.3 Å². The predicted molar refractivity (Wildman–Crippen MR) is 94.6 cm³/mol. The molecule has 4 aromatic rings. The van der Waals surface area contributed by atoms with E-state index in [1.54, 1.807) is 49.6 Å². The highest BCUT2D eigenvalue weighted by molar-refractivity contribution is 6.16. The Morgan fingerprint density at radius 2 is 1.84 bits per heavy atom. The van der Waals surface area contributed by atoms with Crippen molar-refractivity contribution in [2.45, 2.75) is 6.92 Å². The first-order chi connectivity index (χ1) is 12.1. The van der Waals surface area contributed by atoms with Gasteiger partial charge in [-0.3, -0.25) is 14.6 Å². The van der Waals surface area contributed by atoms with Crippen LogP contribution in [-0.4, -0.2) is 25.7 Å². The number of H-pyrrole nitrogens is 2. The summed E-state index contributed by atoms with van der Waals surface area (Å²) < 4.78 is 0. The average molecular weight is 330 g/mol. The first-order valence-corrected chi connectivity index (χ1v) is 7.78. The van der Waals surface area contributed by atoms with E-state index in [1.807, 2.05) is 12.1 Å². The molecule has 0 fully saturated rings. The summed E-state index contributed by atoms with van der Waals surface area (Å²) in [7, 11) is 0. The molecular weight excluding hydrogens is 316 g/mol. The number of benzene rings is 1. The molecule has 0 aliphatic rings. The van der Waals surface area contributed by atoms with Crippen molar-refractivity contribution in [2.75, 3.05) is 0 Å². The summed E-state index contributed by atoms with van der Waals surface area (Å²) in [4.78, 5) is 39.7. The SMILES string of the molecule is Cc1nc(=O)c2c(-c3cccnc3)c(C(=O)c3ccccc3)[nH]c2[nH]1. The van der Waals surface area contributed by atoms with Gasteiger partial charge < -0.3 is 9.97 Å². The molecular formula is C19H14N4O2. The van der Waals surface area contributed by atoms with Gasteiger partial charge in [-0.1, -0.05) is 36.4 Å². The number of carbonyl (C=O) groups is 1. The number of aromatic nitrogens is 4. The number of fused-ring (bicyclic) bond motifs is 1. The van der Waals surface area contributed by atoms with Crippen molar-refractivity contribution < 1.29 is 4.79 Å². The summed E-state index contributed by atoms with van der Waals surface area (Å²) in [6.07, 6.45) is 3.27. The van der Waals surface area contributed by atoms with Gasteiger partial charge >= 0.3 is 0 Å². The Kier molecular flexibility index (Phi) is 3.50. The van der Waals surface area contributed by atoms with Gasteiger partial charge in [0, 0.05) is 29.1 Å². The number of nitrogens with zero attached hydrogens (tertiary/aromatic N) is 2. The Labute approximate surface area is 142 Å². The quantitative estimate of drug-likeness (QED) is 0.565. The molecule has 0 amide bonds. The lowest BCUT2D eigenvalue weighted by Crippen LogP contribution is -2.09. The van der Waals surface area contributed by atoms with Gasteiger partial charge in [0.25, 0.3) is 5.56 Å². The minimum Gasteiger partial charge on any atom is -0.337 e. The van der Waals surface area contributed by atoms with Crippen molar-refractivity contribution in [3.63, 3.8) is 0 Å². The van der Waals surface area contributed by atoms with Gasteiger partial charge in [-0.05, 0) is 13.0 Å². The molecule has 0 unspecified atom stereocenters. The first-order valence-electron chi connectivity index (χ1n) is 7.78. The van der Waals surface area contributed by atoms with Crippen molar-refractivity contribution in [3.8, 4) is 11.1 Å². The second-order valence-electron chi connectivity index (χ2n) is 5.69. The normalized spacial score (nSPS) is 10.9. The Bertz CT molecular complexity index is 1130. The summed E-state index contributed by atoms with van der Waals surface area (Å²) in [5, 5.41) is 0.359. The highest BCUT2D eigenvalue weighted by Gasteiger charge is 2.23. The second kappa shape index (κ2) is 5.83. The number of carbonyl (C=O) groups excluding carboxylic acids is 1. The molecule has 0 aliphatic carbocycles. The van der Waals surface area contributed by atoms with E-state index in [2.05, 4.69) is 19.9 Å². The minimum absolute atomic E-state index is 0.193. The lowest BCUT2D eigenvalue weighted by Gasteiger charge is -2.04. The fourth-order valence-corrected chi connectivity index (χ4v) is 2.93. The van der Waals surface area contributed by atoms with Crippen molar-refractivity contribution in [1.29, 1.82) is 0 Å². The van der Waals surface area contributed by atoms with Crippen LogP contribution in [0.1, 0.15) is 21.9 Å². The topological polar surface area (TPSA) is 91.5 Å². The smallest absolute Gasteiger partial charge is 0.283 e. The molecule has 2 N–H and O–H groups in total. The maximum atomic E-state index is 13.0. The Balaban J connectivity index is 2.06. The molecule has 0 saturated carbocycles. The van der Waals surface area contributed by atoms with Gasteiger partial charge in [0.2, 0.25) is 5.78 Å². The summed E-state index contributed by atoms with van der Waals surface area (Å²) >= 11 is 0. The molecule has 122 valence electrons. The maximum absolute atomic E-state index is 13.0. The van der Waals surface area contributed by atoms with E-state index < -0.39 is 0 Å². The van der Waals surface area contributed by atoms with Gasteiger partial charge in [-0.2, -0.15) is 4.98 Å². The van der Waals surface area contributed by atoms with Crippen LogP contribution in [0.25, 0.3) is 22.2 Å². The molecule has 6 heteroatoms. The summed E-state index contributed by atoms with van der Waals surface area (Å²) in [6, 6.07) is 12.5. The lowest BCUT2D eigenvalue weighted by molar-refractivity contribution is 0.103. The number of rotatable bonds is 3. The number of hydrogen-bond acceptors (Lipinski definition) is 4. The Morgan fingerprint density at radius 3 is 2.56 bits per heavy atom. The molecule has 0 aliphatic heterocycles. The third-order valence-corrected chi connectivity index (χ3v) is 4.00. The van der Waals surface area contributed by atoms with Gasteiger partial charge in [0.1, 0.15) is 11.5 Å². The van der Waals surface area contributed by atoms with Crippen molar-refractivity contribution in [2.24, 2.45) is 0 Å². The molecule has 1 aromatic carbocycles. The number of aryl methyl sites for hydroxylation is 1. The summed E-state index contributed by atoms with van der Waals surface area (Å²) in [5.41, 5.74) is 2.19. The number of aromatic amines is 2. The van der Waals surface area contributed by atoms with E-state index in [1.165, 1.54) is 0 Å². The average Bonchev–Trinajstić information content (AvgIpc) is 3.02. The highest BCUT2D eigenvalue weighted by atomic mass is 16.1.